The Balaban J connectivity index is 2.56. The van der Waals surface area contributed by atoms with Gasteiger partial charge in [-0.3, -0.25) is 0 Å². The minimum Gasteiger partial charge on any atom is -0.367 e. The highest BCUT2D eigenvalue weighted by Gasteiger charge is 2.08. The Morgan fingerprint density at radius 3 is 3.00 bits per heavy atom. The van der Waals surface area contributed by atoms with E-state index in [1.807, 2.05) is 36.7 Å². The molecule has 1 aromatic carbocycles. The molecular weight excluding hydrogens is 160 g/mol. The van der Waals surface area contributed by atoms with Gasteiger partial charge in [0.1, 0.15) is 0 Å². The van der Waals surface area contributed by atoms with Gasteiger partial charge in [-0.1, -0.05) is 18.2 Å². The van der Waals surface area contributed by atoms with E-state index in [0.717, 1.165) is 11.2 Å². The summed E-state index contributed by atoms with van der Waals surface area (Å²) in [5.74, 6) is 0. The van der Waals surface area contributed by atoms with E-state index >= 15 is 0 Å². The van der Waals surface area contributed by atoms with Gasteiger partial charge in [0.2, 0.25) is 0 Å². The highest BCUT2D eigenvalue weighted by Crippen LogP contribution is 2.29. The lowest BCUT2D eigenvalue weighted by molar-refractivity contribution is 1.31. The van der Waals surface area contributed by atoms with Gasteiger partial charge in [0.15, 0.2) is 0 Å². The lowest BCUT2D eigenvalue weighted by atomic mass is 10.1. The predicted octanol–water partition coefficient (Wildman–Crippen LogP) is 2.67. The Morgan fingerprint density at radius 2 is 2.00 bits per heavy atom. The predicted molar refractivity (Wildman–Crippen MR) is 52.7 cm³/mol. The van der Waals surface area contributed by atoms with Crippen LogP contribution in [0.4, 0.5) is 0 Å². The molecule has 0 aliphatic carbocycles. The molecule has 0 saturated carbocycles. The molecule has 2 nitrogen and oxygen atoms in total. The van der Waals surface area contributed by atoms with Crippen molar-refractivity contribution in [3.8, 4) is 11.3 Å². The lowest BCUT2D eigenvalue weighted by Crippen LogP contribution is -1.76. The molecule has 0 unspecified atom stereocenters. The molecule has 1 aromatic rings. The first-order chi connectivity index (χ1) is 6.45. The number of hydrogen-bond donors (Lipinski definition) is 1. The fourth-order valence-electron chi connectivity index (χ4n) is 1.66. The molecule has 0 atom stereocenters. The Kier molecular flexibility index (Phi) is 1.19. The number of rotatable bonds is 0. The molecular formula is C11H8N2. The molecule has 1 N–H and O–H groups in total. The van der Waals surface area contributed by atoms with Crippen LogP contribution in [0.3, 0.4) is 0 Å². The summed E-state index contributed by atoms with van der Waals surface area (Å²) in [7, 11) is 0. The first kappa shape index (κ1) is 6.66. The molecule has 0 amide bonds. The van der Waals surface area contributed by atoms with E-state index < -0.39 is 0 Å². The Labute approximate surface area is 75.6 Å². The zero-order valence-corrected chi connectivity index (χ0v) is 6.99. The molecule has 2 heteroatoms. The molecule has 0 aromatic heterocycles. The van der Waals surface area contributed by atoms with Crippen LogP contribution in [-0.2, 0) is 0 Å². The van der Waals surface area contributed by atoms with Gasteiger partial charge in [0, 0.05) is 23.3 Å². The summed E-state index contributed by atoms with van der Waals surface area (Å²) in [5.41, 5.74) is 3.31. The van der Waals surface area contributed by atoms with Crippen LogP contribution in [0.5, 0.6) is 0 Å². The molecule has 62 valence electrons. The Morgan fingerprint density at radius 1 is 1.08 bits per heavy atom. The Hall–Kier alpha value is -1.83. The second kappa shape index (κ2) is 2.33. The second-order valence-electron chi connectivity index (χ2n) is 3.07. The summed E-state index contributed by atoms with van der Waals surface area (Å²) in [6.07, 6.45) is 3.89. The van der Waals surface area contributed by atoms with Gasteiger partial charge in [-0.2, -0.15) is 0 Å². The number of aromatic nitrogens is 2. The number of benzene rings is 1. The topological polar surface area (TPSA) is 28.7 Å². The van der Waals surface area contributed by atoms with Crippen LogP contribution in [0.2, 0.25) is 0 Å². The molecule has 0 saturated heterocycles. The van der Waals surface area contributed by atoms with Crippen LogP contribution in [-0.4, -0.2) is 9.97 Å². The maximum atomic E-state index is 4.50. The summed E-state index contributed by atoms with van der Waals surface area (Å²) in [6.45, 7) is 0. The standard InChI is InChI=1S/C11H8N2/c1-2-4-10-8(3-1)9-7-12-6-5-11(9)13-10/h1-7,12H. The van der Waals surface area contributed by atoms with Crippen molar-refractivity contribution < 1.29 is 0 Å². The molecule has 0 radical (unpaired) electrons. The molecule has 2 aliphatic rings. The van der Waals surface area contributed by atoms with Crippen molar-refractivity contribution in [2.45, 2.75) is 0 Å². The van der Waals surface area contributed by atoms with Gasteiger partial charge in [0.05, 0.1) is 11.2 Å². The first-order valence-corrected chi connectivity index (χ1v) is 4.26. The van der Waals surface area contributed by atoms with Crippen LogP contribution in [0.1, 0.15) is 0 Å². The van der Waals surface area contributed by atoms with Gasteiger partial charge in [-0.15, -0.1) is 0 Å². The zero-order chi connectivity index (χ0) is 8.67. The fraction of sp³-hybridized carbons (Fsp3) is 0. The summed E-state index contributed by atoms with van der Waals surface area (Å²) in [4.78, 5) is 7.57. The van der Waals surface area contributed by atoms with Crippen LogP contribution >= 0.6 is 0 Å². The van der Waals surface area contributed by atoms with E-state index in [4.69, 9.17) is 0 Å². The number of pyridine rings is 1. The number of nitrogens with zero attached hydrogens (tertiary/aromatic N) is 1. The second-order valence-corrected chi connectivity index (χ2v) is 3.07. The quantitative estimate of drug-likeness (QED) is 0.549. The van der Waals surface area contributed by atoms with Crippen LogP contribution in [0, 0.1) is 0 Å². The molecule has 0 fully saturated rings. The number of nitrogens with one attached hydrogen (secondary N) is 1. The maximum Gasteiger partial charge on any atom is 0.0745 e. The van der Waals surface area contributed by atoms with Crippen LogP contribution < -0.4 is 0 Å². The van der Waals surface area contributed by atoms with Crippen LogP contribution in [0.25, 0.3) is 22.2 Å². The number of para-hydroxylation sites is 1. The van der Waals surface area contributed by atoms with Gasteiger partial charge in [0.25, 0.3) is 0 Å². The highest BCUT2D eigenvalue weighted by molar-refractivity contribution is 5.96. The third-order valence-corrected chi connectivity index (χ3v) is 2.28. The van der Waals surface area contributed by atoms with Crippen molar-refractivity contribution in [2.75, 3.05) is 0 Å². The SMILES string of the molecule is c1ccc2c3c[nH]ccc-3nc2c1. The van der Waals surface area contributed by atoms with E-state index in [1.165, 1.54) is 10.9 Å². The largest absolute Gasteiger partial charge is 0.367 e. The van der Waals surface area contributed by atoms with E-state index in [1.54, 1.807) is 0 Å². The third kappa shape index (κ3) is 0.855. The maximum absolute atomic E-state index is 4.50. The van der Waals surface area contributed by atoms with Crippen molar-refractivity contribution in [3.05, 3.63) is 42.7 Å². The van der Waals surface area contributed by atoms with Crippen molar-refractivity contribution in [2.24, 2.45) is 0 Å². The number of fused-ring (bicyclic) bond motifs is 3. The fourth-order valence-corrected chi connectivity index (χ4v) is 1.66. The summed E-state index contributed by atoms with van der Waals surface area (Å²) in [5, 5.41) is 1.22. The molecule has 13 heavy (non-hydrogen) atoms. The summed E-state index contributed by atoms with van der Waals surface area (Å²) >= 11 is 0. The lowest BCUT2D eigenvalue weighted by Gasteiger charge is -1.94. The van der Waals surface area contributed by atoms with Crippen molar-refractivity contribution in [1.82, 2.24) is 9.97 Å². The van der Waals surface area contributed by atoms with Gasteiger partial charge >= 0.3 is 0 Å². The van der Waals surface area contributed by atoms with Gasteiger partial charge in [-0.25, -0.2) is 4.98 Å². The van der Waals surface area contributed by atoms with Crippen molar-refractivity contribution in [1.29, 1.82) is 0 Å². The minimum absolute atomic E-state index is 1.06. The minimum atomic E-state index is 1.06. The summed E-state index contributed by atoms with van der Waals surface area (Å²) in [6, 6.07) is 10.2. The van der Waals surface area contributed by atoms with E-state index in [9.17, 15) is 0 Å². The Bertz CT molecular complexity index is 525. The van der Waals surface area contributed by atoms with Crippen molar-refractivity contribution >= 4 is 10.9 Å². The monoisotopic (exact) mass is 168 g/mol. The van der Waals surface area contributed by atoms with Gasteiger partial charge < -0.3 is 4.98 Å². The first-order valence-electron chi connectivity index (χ1n) is 4.26. The molecule has 0 spiro atoms. The smallest absolute Gasteiger partial charge is 0.0745 e. The number of aromatic amines is 1. The average molecular weight is 168 g/mol. The average Bonchev–Trinajstić information content (AvgIpc) is 2.56. The number of H-pyrrole nitrogens is 1. The third-order valence-electron chi connectivity index (χ3n) is 2.28. The van der Waals surface area contributed by atoms with Gasteiger partial charge in [-0.05, 0) is 12.1 Å². The highest BCUT2D eigenvalue weighted by atomic mass is 14.7. The molecule has 2 heterocycles. The number of hydrogen-bond acceptors (Lipinski definition) is 1. The van der Waals surface area contributed by atoms with E-state index in [-0.39, 0.29) is 0 Å². The van der Waals surface area contributed by atoms with Crippen molar-refractivity contribution in [3.63, 3.8) is 0 Å². The molecule has 2 aliphatic heterocycles. The van der Waals surface area contributed by atoms with E-state index in [2.05, 4.69) is 16.0 Å². The zero-order valence-electron chi connectivity index (χ0n) is 6.99. The summed E-state index contributed by atoms with van der Waals surface area (Å²) < 4.78 is 0. The molecule has 0 bridgehead atoms. The van der Waals surface area contributed by atoms with Crippen LogP contribution in [0.15, 0.2) is 42.7 Å². The van der Waals surface area contributed by atoms with E-state index in [0.29, 0.717) is 0 Å². The normalized spacial score (nSPS) is 11.1. The molecule has 3 rings (SSSR count).